The number of nitrogens with zero attached hydrogens (tertiary/aromatic N) is 1. The van der Waals surface area contributed by atoms with Crippen LogP contribution in [0.4, 0.5) is 10.5 Å². The van der Waals surface area contributed by atoms with Gasteiger partial charge in [-0.25, -0.2) is 4.79 Å². The van der Waals surface area contributed by atoms with Crippen molar-refractivity contribution in [3.05, 3.63) is 40.5 Å². The highest BCUT2D eigenvalue weighted by atomic mass is 79.9. The van der Waals surface area contributed by atoms with E-state index < -0.39 is 12.0 Å². The molecule has 0 radical (unpaired) electrons. The summed E-state index contributed by atoms with van der Waals surface area (Å²) in [6.07, 6.45) is 0.328. The number of benzene rings is 1. The van der Waals surface area contributed by atoms with Gasteiger partial charge in [-0.1, -0.05) is 12.1 Å². The van der Waals surface area contributed by atoms with Gasteiger partial charge < -0.3 is 10.1 Å². The van der Waals surface area contributed by atoms with Crippen LogP contribution in [0.2, 0.25) is 0 Å². The van der Waals surface area contributed by atoms with Crippen LogP contribution in [0.1, 0.15) is 6.92 Å². The number of halogens is 1. The smallest absolute Gasteiger partial charge is 0.414 e. The van der Waals surface area contributed by atoms with Crippen LogP contribution in [0.5, 0.6) is 0 Å². The summed E-state index contributed by atoms with van der Waals surface area (Å²) in [5.74, 6) is -0.828. The summed E-state index contributed by atoms with van der Waals surface area (Å²) in [7, 11) is 0. The Bertz CT molecular complexity index is 578. The van der Waals surface area contributed by atoms with E-state index in [9.17, 15) is 9.59 Å². The van der Waals surface area contributed by atoms with Gasteiger partial charge in [0.25, 0.3) is 5.91 Å². The molecule has 0 fully saturated rings. The monoisotopic (exact) mass is 337 g/mol. The number of nitrogens with one attached hydrogen (secondary N) is 2. The van der Waals surface area contributed by atoms with E-state index in [1.54, 1.807) is 31.2 Å². The van der Waals surface area contributed by atoms with Crippen molar-refractivity contribution in [2.24, 2.45) is 0 Å². The molecular formula is C13H12BrN3O3. The summed E-state index contributed by atoms with van der Waals surface area (Å²) in [6.45, 7) is 1.75. The fourth-order valence-corrected chi connectivity index (χ4v) is 1.60. The van der Waals surface area contributed by atoms with Crippen LogP contribution in [-0.4, -0.2) is 18.6 Å². The topological polar surface area (TPSA) is 91.2 Å². The highest BCUT2D eigenvalue weighted by molar-refractivity contribution is 9.10. The minimum atomic E-state index is -0.889. The van der Waals surface area contributed by atoms with E-state index in [2.05, 4.69) is 26.0 Å². The molecular weight excluding hydrogens is 326 g/mol. The number of hydrogen-bond donors (Lipinski definition) is 2. The zero-order valence-corrected chi connectivity index (χ0v) is 12.2. The third-order valence-corrected chi connectivity index (χ3v) is 2.79. The number of ether oxygens (including phenoxy) is 1. The SMILES string of the molecule is CCOC(=O)NC(=O)C(C#N)=CNc1ccccc1Br. The zero-order chi connectivity index (χ0) is 15.0. The van der Waals surface area contributed by atoms with Gasteiger partial charge in [0.05, 0.1) is 12.3 Å². The predicted octanol–water partition coefficient (Wildman–Crippen LogP) is 2.54. The zero-order valence-electron chi connectivity index (χ0n) is 10.6. The molecule has 0 atom stereocenters. The molecule has 0 heterocycles. The lowest BCUT2D eigenvalue weighted by Gasteiger charge is -2.05. The van der Waals surface area contributed by atoms with Crippen molar-refractivity contribution in [3.63, 3.8) is 0 Å². The first kappa shape index (κ1) is 15.7. The third kappa shape index (κ3) is 4.74. The number of para-hydroxylation sites is 1. The van der Waals surface area contributed by atoms with Crippen LogP contribution < -0.4 is 10.6 Å². The molecule has 1 aromatic carbocycles. The molecule has 0 aromatic heterocycles. The Morgan fingerprint density at radius 3 is 2.75 bits per heavy atom. The van der Waals surface area contributed by atoms with Crippen molar-refractivity contribution >= 4 is 33.6 Å². The summed E-state index contributed by atoms with van der Waals surface area (Å²) >= 11 is 3.32. The maximum absolute atomic E-state index is 11.6. The normalized spacial score (nSPS) is 10.3. The molecule has 0 aliphatic heterocycles. The summed E-state index contributed by atoms with van der Waals surface area (Å²) in [4.78, 5) is 22.7. The van der Waals surface area contributed by atoms with Gasteiger partial charge in [-0.2, -0.15) is 5.26 Å². The molecule has 0 saturated carbocycles. The third-order valence-electron chi connectivity index (χ3n) is 2.10. The van der Waals surface area contributed by atoms with Gasteiger partial charge >= 0.3 is 6.09 Å². The molecule has 0 aliphatic carbocycles. The molecule has 0 bridgehead atoms. The Morgan fingerprint density at radius 2 is 2.15 bits per heavy atom. The average Bonchev–Trinajstić information content (AvgIpc) is 2.41. The second-order valence-corrected chi connectivity index (χ2v) is 4.32. The van der Waals surface area contributed by atoms with E-state index in [0.29, 0.717) is 5.69 Å². The van der Waals surface area contributed by atoms with Gasteiger partial charge in [0.2, 0.25) is 0 Å². The number of alkyl carbamates (subject to hydrolysis) is 1. The number of imide groups is 1. The van der Waals surface area contributed by atoms with Crippen molar-refractivity contribution in [2.45, 2.75) is 6.92 Å². The lowest BCUT2D eigenvalue weighted by Crippen LogP contribution is -2.32. The second kappa shape index (κ2) is 7.96. The Kier molecular flexibility index (Phi) is 6.26. The minimum Gasteiger partial charge on any atom is -0.450 e. The number of rotatable bonds is 4. The van der Waals surface area contributed by atoms with E-state index in [-0.39, 0.29) is 12.2 Å². The van der Waals surface area contributed by atoms with E-state index in [1.807, 2.05) is 11.4 Å². The van der Waals surface area contributed by atoms with E-state index >= 15 is 0 Å². The van der Waals surface area contributed by atoms with Crippen LogP contribution in [-0.2, 0) is 9.53 Å². The van der Waals surface area contributed by atoms with Crippen LogP contribution in [0, 0.1) is 11.3 Å². The van der Waals surface area contributed by atoms with E-state index in [4.69, 9.17) is 5.26 Å². The molecule has 1 aromatic rings. The Hall–Kier alpha value is -2.33. The quantitative estimate of drug-likeness (QED) is 0.650. The first-order valence-corrected chi connectivity index (χ1v) is 6.47. The fraction of sp³-hybridized carbons (Fsp3) is 0.154. The first-order chi connectivity index (χ1) is 9.58. The van der Waals surface area contributed by atoms with Gasteiger partial charge in [0.15, 0.2) is 0 Å². The van der Waals surface area contributed by atoms with Crippen LogP contribution in [0.25, 0.3) is 0 Å². The van der Waals surface area contributed by atoms with Gasteiger partial charge in [-0.15, -0.1) is 0 Å². The molecule has 2 amide bonds. The number of hydrogen-bond acceptors (Lipinski definition) is 5. The number of nitriles is 1. The van der Waals surface area contributed by atoms with Crippen molar-refractivity contribution in [1.29, 1.82) is 5.26 Å². The van der Waals surface area contributed by atoms with E-state index in [0.717, 1.165) is 4.47 Å². The van der Waals surface area contributed by atoms with Crippen molar-refractivity contribution < 1.29 is 14.3 Å². The van der Waals surface area contributed by atoms with Crippen molar-refractivity contribution in [3.8, 4) is 6.07 Å². The molecule has 2 N–H and O–H groups in total. The highest BCUT2D eigenvalue weighted by Crippen LogP contribution is 2.21. The number of anilines is 1. The summed E-state index contributed by atoms with van der Waals surface area (Å²) < 4.78 is 5.33. The summed E-state index contributed by atoms with van der Waals surface area (Å²) in [6, 6.07) is 8.90. The molecule has 0 spiro atoms. The van der Waals surface area contributed by atoms with Crippen LogP contribution in [0.15, 0.2) is 40.5 Å². The van der Waals surface area contributed by atoms with Gasteiger partial charge in [-0.3, -0.25) is 10.1 Å². The molecule has 0 saturated heterocycles. The lowest BCUT2D eigenvalue weighted by atomic mass is 10.3. The standard InChI is InChI=1S/C13H12BrN3O3/c1-2-20-13(19)17-12(18)9(7-15)8-16-11-6-4-3-5-10(11)14/h3-6,8,16H,2H2,1H3,(H,17,18,19). The van der Waals surface area contributed by atoms with Crippen molar-refractivity contribution in [1.82, 2.24) is 5.32 Å². The molecule has 0 unspecified atom stereocenters. The maximum Gasteiger partial charge on any atom is 0.414 e. The summed E-state index contributed by atoms with van der Waals surface area (Å²) in [5.41, 5.74) is 0.443. The molecule has 20 heavy (non-hydrogen) atoms. The van der Waals surface area contributed by atoms with Crippen LogP contribution in [0.3, 0.4) is 0 Å². The van der Waals surface area contributed by atoms with Gasteiger partial charge in [0, 0.05) is 10.7 Å². The number of amides is 2. The van der Waals surface area contributed by atoms with E-state index in [1.165, 1.54) is 6.20 Å². The van der Waals surface area contributed by atoms with Crippen molar-refractivity contribution in [2.75, 3.05) is 11.9 Å². The molecule has 0 aliphatic rings. The Balaban J connectivity index is 2.73. The van der Waals surface area contributed by atoms with Gasteiger partial charge in [-0.05, 0) is 35.0 Å². The molecule has 1 rings (SSSR count). The molecule has 7 heteroatoms. The summed E-state index contributed by atoms with van der Waals surface area (Å²) in [5, 5.41) is 13.6. The minimum absolute atomic E-state index is 0.139. The Morgan fingerprint density at radius 1 is 1.45 bits per heavy atom. The maximum atomic E-state index is 11.6. The Labute approximate surface area is 124 Å². The molecule has 6 nitrogen and oxygen atoms in total. The van der Waals surface area contributed by atoms with Gasteiger partial charge in [0.1, 0.15) is 11.6 Å². The number of carbonyl (C=O) groups excluding carboxylic acids is 2. The average molecular weight is 338 g/mol. The predicted molar refractivity (Wildman–Crippen MR) is 76.6 cm³/mol. The highest BCUT2D eigenvalue weighted by Gasteiger charge is 2.13. The second-order valence-electron chi connectivity index (χ2n) is 3.47. The largest absolute Gasteiger partial charge is 0.450 e. The number of carbonyl (C=O) groups is 2. The fourth-order valence-electron chi connectivity index (χ4n) is 1.20. The first-order valence-electron chi connectivity index (χ1n) is 5.68. The van der Waals surface area contributed by atoms with Crippen LogP contribution >= 0.6 is 15.9 Å². The molecule has 104 valence electrons. The lowest BCUT2D eigenvalue weighted by molar-refractivity contribution is -0.116.